The van der Waals surface area contributed by atoms with Crippen molar-refractivity contribution in [2.45, 2.75) is 6.42 Å². The molecule has 0 atom stereocenters. The fraction of sp³-hybridized carbons (Fsp3) is 0.312. The summed E-state index contributed by atoms with van der Waals surface area (Å²) in [6, 6.07) is 8.37. The third-order valence-electron chi connectivity index (χ3n) is 2.87. The number of nitrogens with one attached hydrogen (secondary N) is 2. The minimum Gasteiger partial charge on any atom is -0.465 e. The van der Waals surface area contributed by atoms with Gasteiger partial charge in [-0.2, -0.15) is 5.26 Å². The predicted octanol–water partition coefficient (Wildman–Crippen LogP) is 1.45. The second-order valence-electron chi connectivity index (χ2n) is 4.49. The van der Waals surface area contributed by atoms with Crippen LogP contribution in [0.4, 0.5) is 5.69 Å². The van der Waals surface area contributed by atoms with Crippen molar-refractivity contribution in [1.82, 2.24) is 5.32 Å². The maximum absolute atomic E-state index is 11.9. The molecule has 1 amide bonds. The largest absolute Gasteiger partial charge is 0.465 e. The molecule has 2 N–H and O–H groups in total. The first kappa shape index (κ1) is 18.2. The van der Waals surface area contributed by atoms with Crippen LogP contribution in [-0.2, 0) is 14.3 Å². The first-order valence-electron chi connectivity index (χ1n) is 6.94. The molecule has 0 spiro atoms. The predicted molar refractivity (Wildman–Crippen MR) is 84.6 cm³/mol. The lowest BCUT2D eigenvalue weighted by atomic mass is 10.2. The number of esters is 1. The number of amides is 1. The monoisotopic (exact) mass is 317 g/mol. The van der Waals surface area contributed by atoms with Gasteiger partial charge in [0.1, 0.15) is 6.07 Å². The Morgan fingerprint density at radius 3 is 2.52 bits per heavy atom. The van der Waals surface area contributed by atoms with E-state index in [0.29, 0.717) is 24.4 Å². The quantitative estimate of drug-likeness (QED) is 0.326. The molecule has 0 bridgehead atoms. The Labute approximate surface area is 134 Å². The molecule has 1 aromatic carbocycles. The van der Waals surface area contributed by atoms with Crippen molar-refractivity contribution < 1.29 is 19.1 Å². The Kier molecular flexibility index (Phi) is 7.89. The SMILES string of the molecule is COCCCNC(=O)c1ccc(N/C=C(\C#N)C(=O)OC)cc1. The zero-order valence-corrected chi connectivity index (χ0v) is 13.1. The molecule has 0 aliphatic heterocycles. The van der Waals surface area contributed by atoms with Gasteiger partial charge in [-0.15, -0.1) is 0 Å². The van der Waals surface area contributed by atoms with Gasteiger partial charge in [-0.25, -0.2) is 4.79 Å². The molecule has 0 aliphatic rings. The van der Waals surface area contributed by atoms with Gasteiger partial charge in [0.25, 0.3) is 5.91 Å². The van der Waals surface area contributed by atoms with Crippen molar-refractivity contribution >= 4 is 17.6 Å². The van der Waals surface area contributed by atoms with Crippen LogP contribution in [0.15, 0.2) is 36.0 Å². The van der Waals surface area contributed by atoms with Crippen LogP contribution in [-0.4, -0.2) is 39.2 Å². The van der Waals surface area contributed by atoms with Crippen LogP contribution in [0.2, 0.25) is 0 Å². The number of nitrogens with zero attached hydrogens (tertiary/aromatic N) is 1. The third kappa shape index (κ3) is 6.20. The van der Waals surface area contributed by atoms with E-state index in [1.165, 1.54) is 13.3 Å². The highest BCUT2D eigenvalue weighted by atomic mass is 16.5. The molecule has 7 heteroatoms. The second kappa shape index (κ2) is 9.97. The summed E-state index contributed by atoms with van der Waals surface area (Å²) >= 11 is 0. The topological polar surface area (TPSA) is 100 Å². The minimum absolute atomic E-state index is 0.146. The number of nitriles is 1. The molecular weight excluding hydrogens is 298 g/mol. The van der Waals surface area contributed by atoms with Gasteiger partial charge >= 0.3 is 5.97 Å². The average molecular weight is 317 g/mol. The molecule has 0 fully saturated rings. The van der Waals surface area contributed by atoms with Crippen LogP contribution in [0.1, 0.15) is 16.8 Å². The van der Waals surface area contributed by atoms with Crippen LogP contribution in [0.5, 0.6) is 0 Å². The molecule has 23 heavy (non-hydrogen) atoms. The zero-order valence-electron chi connectivity index (χ0n) is 13.1. The third-order valence-corrected chi connectivity index (χ3v) is 2.87. The van der Waals surface area contributed by atoms with Gasteiger partial charge in [0.05, 0.1) is 7.11 Å². The standard InChI is InChI=1S/C16H19N3O4/c1-22-9-3-8-18-15(20)12-4-6-14(7-5-12)19-11-13(10-17)16(21)23-2/h4-7,11,19H,3,8-9H2,1-2H3,(H,18,20)/b13-11+. The number of benzene rings is 1. The van der Waals surface area contributed by atoms with E-state index in [1.54, 1.807) is 37.4 Å². The molecule has 0 saturated heterocycles. The first-order valence-corrected chi connectivity index (χ1v) is 6.94. The number of carbonyl (C=O) groups is 2. The Balaban J connectivity index is 2.59. The Bertz CT molecular complexity index is 603. The van der Waals surface area contributed by atoms with E-state index in [2.05, 4.69) is 15.4 Å². The van der Waals surface area contributed by atoms with Crippen LogP contribution in [0.3, 0.4) is 0 Å². The van der Waals surface area contributed by atoms with Gasteiger partial charge in [0.15, 0.2) is 5.57 Å². The van der Waals surface area contributed by atoms with Crippen molar-refractivity contribution in [3.63, 3.8) is 0 Å². The molecule has 0 aliphatic carbocycles. The highest BCUT2D eigenvalue weighted by molar-refractivity contribution is 5.94. The lowest BCUT2D eigenvalue weighted by molar-refractivity contribution is -0.135. The summed E-state index contributed by atoms with van der Waals surface area (Å²) in [4.78, 5) is 23.1. The molecule has 1 aromatic rings. The van der Waals surface area contributed by atoms with Gasteiger partial charge < -0.3 is 20.1 Å². The van der Waals surface area contributed by atoms with Crippen molar-refractivity contribution in [2.24, 2.45) is 0 Å². The van der Waals surface area contributed by atoms with E-state index in [0.717, 1.165) is 6.42 Å². The molecule has 122 valence electrons. The smallest absolute Gasteiger partial charge is 0.350 e. The molecule has 0 radical (unpaired) electrons. The number of anilines is 1. The Hall–Kier alpha value is -2.85. The highest BCUT2D eigenvalue weighted by Gasteiger charge is 2.08. The van der Waals surface area contributed by atoms with E-state index in [-0.39, 0.29) is 11.5 Å². The zero-order chi connectivity index (χ0) is 17.1. The van der Waals surface area contributed by atoms with Gasteiger partial charge in [0.2, 0.25) is 0 Å². The number of rotatable bonds is 8. The minimum atomic E-state index is -0.716. The lowest BCUT2D eigenvalue weighted by Crippen LogP contribution is -2.25. The highest BCUT2D eigenvalue weighted by Crippen LogP contribution is 2.10. The van der Waals surface area contributed by atoms with Gasteiger partial charge in [0, 0.05) is 37.7 Å². The van der Waals surface area contributed by atoms with E-state index in [1.807, 2.05) is 0 Å². The van der Waals surface area contributed by atoms with Gasteiger partial charge in [-0.1, -0.05) is 0 Å². The molecule has 1 rings (SSSR count). The van der Waals surface area contributed by atoms with Gasteiger partial charge in [-0.05, 0) is 30.7 Å². The van der Waals surface area contributed by atoms with Crippen LogP contribution in [0, 0.1) is 11.3 Å². The van der Waals surface area contributed by atoms with E-state index in [9.17, 15) is 9.59 Å². The number of methoxy groups -OCH3 is 2. The lowest BCUT2D eigenvalue weighted by Gasteiger charge is -2.06. The molecule has 0 saturated carbocycles. The van der Waals surface area contributed by atoms with Crippen molar-refractivity contribution in [3.8, 4) is 6.07 Å². The molecule has 0 unspecified atom stereocenters. The van der Waals surface area contributed by atoms with E-state index < -0.39 is 5.97 Å². The molecule has 7 nitrogen and oxygen atoms in total. The van der Waals surface area contributed by atoms with E-state index >= 15 is 0 Å². The van der Waals surface area contributed by atoms with Crippen molar-refractivity contribution in [3.05, 3.63) is 41.6 Å². The van der Waals surface area contributed by atoms with Crippen molar-refractivity contribution in [2.75, 3.05) is 32.7 Å². The molecule has 0 heterocycles. The normalized spacial score (nSPS) is 10.6. The second-order valence-corrected chi connectivity index (χ2v) is 4.49. The Morgan fingerprint density at radius 1 is 1.26 bits per heavy atom. The summed E-state index contributed by atoms with van der Waals surface area (Å²) in [7, 11) is 2.81. The number of hydrogen-bond donors (Lipinski definition) is 2. The van der Waals surface area contributed by atoms with E-state index in [4.69, 9.17) is 10.00 Å². The van der Waals surface area contributed by atoms with Crippen LogP contribution in [0.25, 0.3) is 0 Å². The average Bonchev–Trinajstić information content (AvgIpc) is 2.59. The number of carbonyl (C=O) groups excluding carboxylic acids is 2. The Morgan fingerprint density at radius 2 is 1.96 bits per heavy atom. The maximum atomic E-state index is 11.9. The fourth-order valence-corrected chi connectivity index (χ4v) is 1.64. The summed E-state index contributed by atoms with van der Waals surface area (Å²) in [5, 5.41) is 14.4. The van der Waals surface area contributed by atoms with Crippen LogP contribution >= 0.6 is 0 Å². The first-order chi connectivity index (χ1) is 11.1. The van der Waals surface area contributed by atoms with Crippen LogP contribution < -0.4 is 10.6 Å². The number of hydrogen-bond acceptors (Lipinski definition) is 6. The maximum Gasteiger partial charge on any atom is 0.350 e. The molecule has 0 aromatic heterocycles. The van der Waals surface area contributed by atoms with Crippen molar-refractivity contribution in [1.29, 1.82) is 5.26 Å². The fourth-order valence-electron chi connectivity index (χ4n) is 1.64. The summed E-state index contributed by atoms with van der Waals surface area (Å²) in [6.45, 7) is 1.14. The number of ether oxygens (including phenoxy) is 2. The molecular formula is C16H19N3O4. The summed E-state index contributed by atoms with van der Waals surface area (Å²) in [6.07, 6.45) is 2.00. The summed E-state index contributed by atoms with van der Waals surface area (Å²) < 4.78 is 9.37. The van der Waals surface area contributed by atoms with Gasteiger partial charge in [-0.3, -0.25) is 4.79 Å². The summed E-state index contributed by atoms with van der Waals surface area (Å²) in [5.41, 5.74) is 1.01. The summed E-state index contributed by atoms with van der Waals surface area (Å²) in [5.74, 6) is -0.887.